The van der Waals surface area contributed by atoms with Crippen molar-refractivity contribution in [1.82, 2.24) is 14.8 Å². The van der Waals surface area contributed by atoms with E-state index < -0.39 is 4.92 Å². The average Bonchev–Trinajstić information content (AvgIpc) is 3.16. The highest BCUT2D eigenvalue weighted by Gasteiger charge is 2.19. The van der Waals surface area contributed by atoms with E-state index in [1.165, 1.54) is 18.2 Å². The van der Waals surface area contributed by atoms with Crippen LogP contribution in [0.2, 0.25) is 10.0 Å². The van der Waals surface area contributed by atoms with Crippen molar-refractivity contribution in [3.05, 3.63) is 69.2 Å². The van der Waals surface area contributed by atoms with Crippen LogP contribution >= 0.6 is 35.0 Å². The van der Waals surface area contributed by atoms with Crippen molar-refractivity contribution >= 4 is 52.2 Å². The summed E-state index contributed by atoms with van der Waals surface area (Å²) in [5.74, 6) is 0.714. The second-order valence-electron chi connectivity index (χ2n) is 6.31. The molecule has 0 aliphatic carbocycles. The highest BCUT2D eigenvalue weighted by Crippen LogP contribution is 2.33. The maximum atomic E-state index is 12.4. The molecule has 0 spiro atoms. The van der Waals surface area contributed by atoms with Gasteiger partial charge in [-0.3, -0.25) is 19.5 Å². The van der Waals surface area contributed by atoms with E-state index >= 15 is 0 Å². The monoisotopic (exact) mass is 493 g/mol. The van der Waals surface area contributed by atoms with Gasteiger partial charge in [0.25, 0.3) is 5.69 Å². The molecule has 32 heavy (non-hydrogen) atoms. The van der Waals surface area contributed by atoms with Crippen LogP contribution in [0.15, 0.2) is 54.2 Å². The van der Waals surface area contributed by atoms with Crippen molar-refractivity contribution in [3.8, 4) is 17.1 Å². The highest BCUT2D eigenvalue weighted by molar-refractivity contribution is 7.99. The first-order chi connectivity index (χ1) is 15.3. The van der Waals surface area contributed by atoms with Crippen LogP contribution in [0.1, 0.15) is 0 Å². The van der Waals surface area contributed by atoms with Crippen molar-refractivity contribution < 1.29 is 14.5 Å². The first-order valence-corrected chi connectivity index (χ1v) is 10.8. The van der Waals surface area contributed by atoms with Crippen LogP contribution in [0, 0.1) is 10.1 Å². The lowest BCUT2D eigenvalue weighted by Crippen LogP contribution is -2.15. The van der Waals surface area contributed by atoms with Crippen LogP contribution in [0.4, 0.5) is 11.4 Å². The Bertz CT molecular complexity index is 1180. The molecule has 0 saturated heterocycles. The fraction of sp³-hybridized carbons (Fsp3) is 0.150. The summed E-state index contributed by atoms with van der Waals surface area (Å²) < 4.78 is 7.19. The minimum absolute atomic E-state index is 0.00161. The number of halogens is 2. The Kier molecular flexibility index (Phi) is 7.73. The molecule has 0 saturated carbocycles. The first-order valence-electron chi connectivity index (χ1n) is 9.08. The smallest absolute Gasteiger partial charge is 0.289 e. The Labute approximate surface area is 197 Å². The van der Waals surface area contributed by atoms with E-state index in [1.54, 1.807) is 36.0 Å². The number of carbonyl (C=O) groups excluding carboxylic acids is 1. The number of rotatable bonds is 9. The second-order valence-corrected chi connectivity index (χ2v) is 8.10. The van der Waals surface area contributed by atoms with Crippen LogP contribution in [0.3, 0.4) is 0 Å². The van der Waals surface area contributed by atoms with Crippen LogP contribution in [-0.2, 0) is 11.3 Å². The Balaban J connectivity index is 1.78. The standard InChI is InChI=1S/C20H17Cl2N5O4S/c1-3-8-26-19(14-9-12(21)4-7-17(14)31-2)24-25-20(26)32-11-18(28)23-13-5-6-15(22)16(10-13)27(29)30/h3-7,9-10H,1,8,11H2,2H3,(H,23,28). The minimum atomic E-state index is -0.615. The highest BCUT2D eigenvalue weighted by atomic mass is 35.5. The Morgan fingerprint density at radius 1 is 1.31 bits per heavy atom. The number of hydrogen-bond acceptors (Lipinski definition) is 7. The lowest BCUT2D eigenvalue weighted by molar-refractivity contribution is -0.384. The molecule has 166 valence electrons. The van der Waals surface area contributed by atoms with Crippen molar-refractivity contribution in [2.45, 2.75) is 11.7 Å². The molecule has 2 aromatic carbocycles. The third kappa shape index (κ3) is 5.39. The van der Waals surface area contributed by atoms with Crippen molar-refractivity contribution in [2.24, 2.45) is 0 Å². The molecular weight excluding hydrogens is 477 g/mol. The third-order valence-electron chi connectivity index (χ3n) is 4.19. The van der Waals surface area contributed by atoms with Crippen molar-refractivity contribution in [1.29, 1.82) is 0 Å². The van der Waals surface area contributed by atoms with E-state index in [9.17, 15) is 14.9 Å². The number of thioether (sulfide) groups is 1. The maximum absolute atomic E-state index is 12.4. The van der Waals surface area contributed by atoms with Crippen LogP contribution in [0.5, 0.6) is 5.75 Å². The third-order valence-corrected chi connectivity index (χ3v) is 5.71. The summed E-state index contributed by atoms with van der Waals surface area (Å²) in [6, 6.07) is 9.21. The summed E-state index contributed by atoms with van der Waals surface area (Å²) >= 11 is 13.1. The fourth-order valence-electron chi connectivity index (χ4n) is 2.80. The zero-order valence-electron chi connectivity index (χ0n) is 16.7. The van der Waals surface area contributed by atoms with Gasteiger partial charge in [0.15, 0.2) is 11.0 Å². The predicted molar refractivity (Wildman–Crippen MR) is 125 cm³/mol. The van der Waals surface area contributed by atoms with Gasteiger partial charge in [0.05, 0.1) is 23.3 Å². The Hall–Kier alpha value is -3.08. The number of carbonyl (C=O) groups is 1. The molecule has 0 unspecified atom stereocenters. The van der Waals surface area contributed by atoms with Crippen LogP contribution < -0.4 is 10.1 Å². The van der Waals surface area contributed by atoms with Crippen molar-refractivity contribution in [2.75, 3.05) is 18.2 Å². The Morgan fingerprint density at radius 2 is 2.09 bits per heavy atom. The number of anilines is 1. The number of nitro groups is 1. The molecular formula is C20H17Cl2N5O4S. The molecule has 0 aliphatic heterocycles. The SMILES string of the molecule is C=CCn1c(SCC(=O)Nc2ccc(Cl)c([N+](=O)[O-])c2)nnc1-c1cc(Cl)ccc1OC. The summed E-state index contributed by atoms with van der Waals surface area (Å²) in [7, 11) is 1.54. The number of amides is 1. The van der Waals surface area contributed by atoms with Gasteiger partial charge in [-0.25, -0.2) is 0 Å². The molecule has 9 nitrogen and oxygen atoms in total. The normalized spacial score (nSPS) is 10.6. The molecule has 1 amide bonds. The molecule has 0 bridgehead atoms. The number of hydrogen-bond donors (Lipinski definition) is 1. The summed E-state index contributed by atoms with van der Waals surface area (Å²) in [6.07, 6.45) is 1.68. The van der Waals surface area contributed by atoms with Crippen LogP contribution in [0.25, 0.3) is 11.4 Å². The summed E-state index contributed by atoms with van der Waals surface area (Å²) in [5, 5.41) is 23.0. The van der Waals surface area contributed by atoms with Gasteiger partial charge >= 0.3 is 0 Å². The number of methoxy groups -OCH3 is 1. The first kappa shape index (κ1) is 23.6. The molecule has 3 rings (SSSR count). The largest absolute Gasteiger partial charge is 0.496 e. The number of nitrogens with one attached hydrogen (secondary N) is 1. The molecule has 1 aromatic heterocycles. The van der Waals surface area contributed by atoms with Gasteiger partial charge in [0, 0.05) is 23.3 Å². The number of ether oxygens (including phenoxy) is 1. The summed E-state index contributed by atoms with van der Waals surface area (Å²) in [5.41, 5.74) is 0.630. The van der Waals surface area contributed by atoms with E-state index in [0.717, 1.165) is 11.8 Å². The van der Waals surface area contributed by atoms with Gasteiger partial charge in [-0.1, -0.05) is 41.0 Å². The van der Waals surface area contributed by atoms with E-state index in [0.29, 0.717) is 33.9 Å². The Morgan fingerprint density at radius 3 is 2.78 bits per heavy atom. The molecule has 1 N–H and O–H groups in total. The van der Waals surface area contributed by atoms with Gasteiger partial charge in [0.1, 0.15) is 10.8 Å². The van der Waals surface area contributed by atoms with Gasteiger partial charge in [0.2, 0.25) is 5.91 Å². The zero-order valence-corrected chi connectivity index (χ0v) is 19.1. The number of allylic oxidation sites excluding steroid dienone is 1. The molecule has 0 aliphatic rings. The number of aromatic nitrogens is 3. The predicted octanol–water partition coefficient (Wildman–Crippen LogP) is 5.09. The van der Waals surface area contributed by atoms with E-state index in [4.69, 9.17) is 27.9 Å². The molecule has 1 heterocycles. The van der Waals surface area contributed by atoms with Crippen LogP contribution in [-0.4, -0.2) is 38.5 Å². The van der Waals surface area contributed by atoms with Gasteiger partial charge in [-0.15, -0.1) is 16.8 Å². The minimum Gasteiger partial charge on any atom is -0.496 e. The van der Waals surface area contributed by atoms with Gasteiger partial charge in [-0.2, -0.15) is 0 Å². The van der Waals surface area contributed by atoms with E-state index in [1.807, 2.05) is 0 Å². The molecule has 0 atom stereocenters. The number of benzene rings is 2. The van der Waals surface area contributed by atoms with Crippen molar-refractivity contribution in [3.63, 3.8) is 0 Å². The zero-order chi connectivity index (χ0) is 23.3. The van der Waals surface area contributed by atoms with E-state index in [-0.39, 0.29) is 28.1 Å². The lowest BCUT2D eigenvalue weighted by Gasteiger charge is -2.11. The average molecular weight is 494 g/mol. The second kappa shape index (κ2) is 10.5. The number of nitro benzene ring substituents is 1. The topological polar surface area (TPSA) is 112 Å². The lowest BCUT2D eigenvalue weighted by atomic mass is 10.2. The summed E-state index contributed by atoms with van der Waals surface area (Å²) in [6.45, 7) is 4.16. The fourth-order valence-corrected chi connectivity index (χ4v) is 3.91. The molecule has 12 heteroatoms. The van der Waals surface area contributed by atoms with Gasteiger partial charge in [-0.05, 0) is 30.3 Å². The van der Waals surface area contributed by atoms with E-state index in [2.05, 4.69) is 22.1 Å². The quantitative estimate of drug-likeness (QED) is 0.191. The summed E-state index contributed by atoms with van der Waals surface area (Å²) in [4.78, 5) is 22.8. The molecule has 0 radical (unpaired) electrons. The maximum Gasteiger partial charge on any atom is 0.289 e. The molecule has 3 aromatic rings. The van der Waals surface area contributed by atoms with Gasteiger partial charge < -0.3 is 10.1 Å². The molecule has 0 fully saturated rings. The number of nitrogens with zero attached hydrogens (tertiary/aromatic N) is 4.